The number of benzene rings is 2. The highest BCUT2D eigenvalue weighted by atomic mass is 35.5. The zero-order valence-corrected chi connectivity index (χ0v) is 18.9. The molecule has 0 aliphatic heterocycles. The number of nitrogens with one attached hydrogen (secondary N) is 1. The molecule has 0 aliphatic carbocycles. The van der Waals surface area contributed by atoms with Crippen molar-refractivity contribution in [3.63, 3.8) is 0 Å². The van der Waals surface area contributed by atoms with Gasteiger partial charge in [-0.05, 0) is 37.6 Å². The van der Waals surface area contributed by atoms with Crippen LogP contribution >= 0.6 is 23.2 Å². The average Bonchev–Trinajstić information content (AvgIpc) is 3.34. The second-order valence-corrected chi connectivity index (χ2v) is 7.95. The monoisotopic (exact) mass is 467 g/mol. The van der Waals surface area contributed by atoms with E-state index in [0.717, 1.165) is 11.3 Å². The maximum Gasteiger partial charge on any atom is 0.298 e. The number of hydrogen-bond acceptors (Lipinski definition) is 4. The van der Waals surface area contributed by atoms with E-state index < -0.39 is 11.7 Å². The summed E-state index contributed by atoms with van der Waals surface area (Å²) in [7, 11) is 0. The van der Waals surface area contributed by atoms with Gasteiger partial charge in [-0.15, -0.1) is 0 Å². The minimum atomic E-state index is -0.775. The Labute approximate surface area is 194 Å². The molecule has 4 rings (SSSR count). The summed E-state index contributed by atoms with van der Waals surface area (Å²) in [4.78, 5) is 25.8. The van der Waals surface area contributed by atoms with Gasteiger partial charge in [0, 0.05) is 6.07 Å². The molecular formula is C23H19Cl2N5O2. The van der Waals surface area contributed by atoms with Crippen molar-refractivity contribution in [1.82, 2.24) is 19.6 Å². The molecule has 1 amide bonds. The molecule has 0 aliphatic rings. The van der Waals surface area contributed by atoms with Crippen LogP contribution in [0.15, 0.2) is 60.8 Å². The van der Waals surface area contributed by atoms with Crippen molar-refractivity contribution in [2.75, 3.05) is 5.32 Å². The Balaban J connectivity index is 1.56. The Morgan fingerprint density at radius 1 is 1.00 bits per heavy atom. The van der Waals surface area contributed by atoms with E-state index in [-0.39, 0.29) is 12.1 Å². The van der Waals surface area contributed by atoms with E-state index in [2.05, 4.69) is 15.5 Å². The lowest BCUT2D eigenvalue weighted by atomic mass is 10.1. The van der Waals surface area contributed by atoms with Crippen LogP contribution in [0.25, 0.3) is 5.69 Å². The summed E-state index contributed by atoms with van der Waals surface area (Å²) in [5.74, 6) is -1.08. The SMILES string of the molecule is Cc1nn(-c2ccccc2)c(C)c1C(=O)C(=O)Nc1ccnn1Cc1cccc(Cl)c1Cl. The van der Waals surface area contributed by atoms with Crippen molar-refractivity contribution in [2.24, 2.45) is 0 Å². The van der Waals surface area contributed by atoms with Crippen LogP contribution in [0.5, 0.6) is 0 Å². The number of Topliss-reactive ketones (excluding diaryl/α,β-unsaturated/α-hetero) is 1. The first-order valence-electron chi connectivity index (χ1n) is 9.79. The molecule has 0 saturated heterocycles. The number of anilines is 1. The maximum absolute atomic E-state index is 13.0. The summed E-state index contributed by atoms with van der Waals surface area (Å²) in [6, 6.07) is 16.3. The fourth-order valence-corrected chi connectivity index (χ4v) is 3.86. The third-order valence-electron chi connectivity index (χ3n) is 5.04. The van der Waals surface area contributed by atoms with Gasteiger partial charge in [0.25, 0.3) is 11.7 Å². The number of para-hydroxylation sites is 1. The Hall–Kier alpha value is -3.42. The Bertz CT molecular complexity index is 1310. The van der Waals surface area contributed by atoms with Crippen molar-refractivity contribution < 1.29 is 9.59 Å². The number of aryl methyl sites for hydroxylation is 1. The van der Waals surface area contributed by atoms with Gasteiger partial charge in [0.05, 0.1) is 45.4 Å². The van der Waals surface area contributed by atoms with Crippen LogP contribution in [0.1, 0.15) is 27.3 Å². The van der Waals surface area contributed by atoms with Gasteiger partial charge in [-0.2, -0.15) is 10.2 Å². The lowest BCUT2D eigenvalue weighted by Crippen LogP contribution is -2.25. The van der Waals surface area contributed by atoms with Gasteiger partial charge in [0.15, 0.2) is 0 Å². The van der Waals surface area contributed by atoms with Crippen LogP contribution in [0.4, 0.5) is 5.82 Å². The minimum Gasteiger partial charge on any atom is -0.304 e. The number of carbonyl (C=O) groups is 2. The van der Waals surface area contributed by atoms with Crippen molar-refractivity contribution in [3.8, 4) is 5.69 Å². The molecule has 0 saturated carbocycles. The normalized spacial score (nSPS) is 10.9. The zero-order valence-electron chi connectivity index (χ0n) is 17.3. The summed E-state index contributed by atoms with van der Waals surface area (Å²) >= 11 is 12.3. The molecule has 0 fully saturated rings. The van der Waals surface area contributed by atoms with Gasteiger partial charge in [0.1, 0.15) is 5.82 Å². The van der Waals surface area contributed by atoms with E-state index in [9.17, 15) is 9.59 Å². The van der Waals surface area contributed by atoms with Crippen molar-refractivity contribution in [1.29, 1.82) is 0 Å². The van der Waals surface area contributed by atoms with Crippen LogP contribution in [0, 0.1) is 13.8 Å². The second kappa shape index (κ2) is 8.98. The van der Waals surface area contributed by atoms with Gasteiger partial charge >= 0.3 is 0 Å². The van der Waals surface area contributed by atoms with Gasteiger partial charge in [-0.3, -0.25) is 9.59 Å². The quantitative estimate of drug-likeness (QED) is 0.324. The standard InChI is InChI=1S/C23H19Cl2N5O2/c1-14-20(15(2)30(28-14)17-8-4-3-5-9-17)22(31)23(32)27-19-11-12-26-29(19)13-16-7-6-10-18(24)21(16)25/h3-12H,13H2,1-2H3,(H,27,32). The van der Waals surface area contributed by atoms with E-state index in [4.69, 9.17) is 23.2 Å². The topological polar surface area (TPSA) is 81.8 Å². The van der Waals surface area contributed by atoms with E-state index >= 15 is 0 Å². The van der Waals surface area contributed by atoms with Crippen molar-refractivity contribution in [3.05, 3.63) is 93.4 Å². The third kappa shape index (κ3) is 4.17. The molecule has 32 heavy (non-hydrogen) atoms. The Kier molecular flexibility index (Phi) is 6.12. The van der Waals surface area contributed by atoms with Crippen LogP contribution in [0.3, 0.4) is 0 Å². The molecule has 4 aromatic rings. The third-order valence-corrected chi connectivity index (χ3v) is 5.89. The number of halogens is 2. The fourth-order valence-electron chi connectivity index (χ4n) is 3.48. The minimum absolute atomic E-state index is 0.273. The molecule has 162 valence electrons. The van der Waals surface area contributed by atoms with E-state index in [1.807, 2.05) is 36.4 Å². The highest BCUT2D eigenvalue weighted by Gasteiger charge is 2.26. The predicted octanol–water partition coefficient (Wildman–Crippen LogP) is 4.86. The maximum atomic E-state index is 13.0. The van der Waals surface area contributed by atoms with E-state index in [0.29, 0.717) is 27.3 Å². The molecular weight excluding hydrogens is 449 g/mol. The lowest BCUT2D eigenvalue weighted by molar-refractivity contribution is -0.112. The molecule has 0 atom stereocenters. The summed E-state index contributed by atoms with van der Waals surface area (Å²) in [5.41, 5.74) is 2.89. The highest BCUT2D eigenvalue weighted by Crippen LogP contribution is 2.27. The number of hydrogen-bond donors (Lipinski definition) is 1. The molecule has 0 spiro atoms. The van der Waals surface area contributed by atoms with Gasteiger partial charge in [0.2, 0.25) is 0 Å². The molecule has 2 aromatic heterocycles. The summed E-state index contributed by atoms with van der Waals surface area (Å²) in [5, 5.41) is 12.2. The molecule has 0 bridgehead atoms. The first kappa shape index (κ1) is 21.8. The van der Waals surface area contributed by atoms with Crippen LogP contribution in [0.2, 0.25) is 10.0 Å². The summed E-state index contributed by atoms with van der Waals surface area (Å²) in [6.45, 7) is 3.75. The molecule has 0 radical (unpaired) electrons. The molecule has 1 N–H and O–H groups in total. The molecule has 7 nitrogen and oxygen atoms in total. The number of rotatable bonds is 6. The highest BCUT2D eigenvalue weighted by molar-refractivity contribution is 6.47. The molecule has 2 aromatic carbocycles. The summed E-state index contributed by atoms with van der Waals surface area (Å²) < 4.78 is 3.19. The van der Waals surface area contributed by atoms with E-state index in [1.54, 1.807) is 36.7 Å². The lowest BCUT2D eigenvalue weighted by Gasteiger charge is -2.11. The number of aromatic nitrogens is 4. The molecule has 0 unspecified atom stereocenters. The van der Waals surface area contributed by atoms with Crippen LogP contribution < -0.4 is 5.32 Å². The Morgan fingerprint density at radius 3 is 2.50 bits per heavy atom. The first-order chi connectivity index (χ1) is 15.4. The van der Waals surface area contributed by atoms with Crippen LogP contribution in [-0.4, -0.2) is 31.3 Å². The van der Waals surface area contributed by atoms with Crippen molar-refractivity contribution >= 4 is 40.7 Å². The number of carbonyl (C=O) groups excluding carboxylic acids is 2. The number of nitrogens with zero attached hydrogens (tertiary/aromatic N) is 4. The van der Waals surface area contributed by atoms with E-state index in [1.165, 1.54) is 10.9 Å². The molecule has 9 heteroatoms. The van der Waals surface area contributed by atoms with Gasteiger partial charge in [-0.1, -0.05) is 53.5 Å². The zero-order chi connectivity index (χ0) is 22.8. The smallest absolute Gasteiger partial charge is 0.298 e. The molecule has 2 heterocycles. The largest absolute Gasteiger partial charge is 0.304 e. The fraction of sp³-hybridized carbons (Fsp3) is 0.130. The van der Waals surface area contributed by atoms with Crippen LogP contribution in [-0.2, 0) is 11.3 Å². The Morgan fingerprint density at radius 2 is 1.75 bits per heavy atom. The number of amides is 1. The van der Waals surface area contributed by atoms with Crippen molar-refractivity contribution in [2.45, 2.75) is 20.4 Å². The van der Waals surface area contributed by atoms with Gasteiger partial charge < -0.3 is 5.32 Å². The predicted molar refractivity (Wildman–Crippen MR) is 124 cm³/mol. The first-order valence-corrected chi connectivity index (χ1v) is 10.5. The second-order valence-electron chi connectivity index (χ2n) is 7.16. The average molecular weight is 468 g/mol. The number of ketones is 1. The van der Waals surface area contributed by atoms with Gasteiger partial charge in [-0.25, -0.2) is 9.36 Å². The summed E-state index contributed by atoms with van der Waals surface area (Å²) in [6.07, 6.45) is 1.53.